The molecule has 9 nitrogen and oxygen atoms in total. The number of aromatic amines is 2. The van der Waals surface area contributed by atoms with Gasteiger partial charge in [0.05, 0.1) is 29.3 Å². The van der Waals surface area contributed by atoms with E-state index in [0.29, 0.717) is 6.54 Å². The Morgan fingerprint density at radius 1 is 0.426 bits per heavy atom. The SMILES string of the molecule is C[n+]1ccc(-c2c3nc(c(-c4cc[n+](CCN)cc4)c4nc(c(-c5cc[n+](C)cc5)c5ccc([nH]5)c(-c5cc[n+](C)cc5)c5ccc2[nH]5)C=C4)C=C3)cc1. The molecule has 4 N–H and O–H groups in total. The fourth-order valence-electron chi connectivity index (χ4n) is 7.35. The predicted molar refractivity (Wildman–Crippen MR) is 213 cm³/mol. The van der Waals surface area contributed by atoms with Gasteiger partial charge >= 0.3 is 0 Å². The van der Waals surface area contributed by atoms with Crippen molar-refractivity contribution in [2.75, 3.05) is 6.54 Å². The van der Waals surface area contributed by atoms with Crippen LogP contribution in [0.1, 0.15) is 22.8 Å². The van der Waals surface area contributed by atoms with E-state index in [0.717, 1.165) is 95.9 Å². The lowest BCUT2D eigenvalue weighted by molar-refractivity contribution is -0.694. The second kappa shape index (κ2) is 13.6. The van der Waals surface area contributed by atoms with Gasteiger partial charge in [0, 0.05) is 92.9 Å². The maximum atomic E-state index is 5.89. The summed E-state index contributed by atoms with van der Waals surface area (Å²) in [6, 6.07) is 25.8. The lowest BCUT2D eigenvalue weighted by atomic mass is 10.0. The molecule has 9 rings (SSSR count). The minimum atomic E-state index is 0.568. The highest BCUT2D eigenvalue weighted by Gasteiger charge is 2.20. The van der Waals surface area contributed by atoms with E-state index in [4.69, 9.17) is 15.7 Å². The van der Waals surface area contributed by atoms with Gasteiger partial charge in [0.15, 0.2) is 56.1 Å². The zero-order chi connectivity index (χ0) is 36.8. The van der Waals surface area contributed by atoms with Gasteiger partial charge in [-0.15, -0.1) is 0 Å². The van der Waals surface area contributed by atoms with Crippen molar-refractivity contribution >= 4 is 46.4 Å². The van der Waals surface area contributed by atoms with Crippen molar-refractivity contribution in [1.82, 2.24) is 19.9 Å². The number of nitrogens with zero attached hydrogens (tertiary/aromatic N) is 6. The van der Waals surface area contributed by atoms with Crippen LogP contribution in [0.25, 0.3) is 90.9 Å². The third-order valence-corrected chi connectivity index (χ3v) is 10.1. The first kappa shape index (κ1) is 33.0. The van der Waals surface area contributed by atoms with Crippen LogP contribution in [0.3, 0.4) is 0 Å². The van der Waals surface area contributed by atoms with Crippen molar-refractivity contribution in [1.29, 1.82) is 0 Å². The van der Waals surface area contributed by atoms with Crippen molar-refractivity contribution in [3.8, 4) is 44.5 Å². The molecule has 0 aliphatic carbocycles. The van der Waals surface area contributed by atoms with E-state index >= 15 is 0 Å². The summed E-state index contributed by atoms with van der Waals surface area (Å²) in [6.45, 7) is 1.31. The lowest BCUT2D eigenvalue weighted by Gasteiger charge is -2.06. The molecule has 0 aromatic carbocycles. The summed E-state index contributed by atoms with van der Waals surface area (Å²) in [5, 5.41) is 0. The molecular formula is C45H41N9+4. The summed E-state index contributed by atoms with van der Waals surface area (Å²) in [7, 11) is 6.10. The number of pyridine rings is 4. The highest BCUT2D eigenvalue weighted by molar-refractivity contribution is 6.00. The Kier molecular flexibility index (Phi) is 8.33. The van der Waals surface area contributed by atoms with Crippen molar-refractivity contribution in [3.63, 3.8) is 0 Å². The summed E-state index contributed by atoms with van der Waals surface area (Å²) in [5.41, 5.74) is 21.6. The average molecular weight is 708 g/mol. The molecule has 0 atom stereocenters. The van der Waals surface area contributed by atoms with E-state index in [1.165, 1.54) is 0 Å². The molecule has 7 aromatic heterocycles. The highest BCUT2D eigenvalue weighted by atomic mass is 14.9. The number of fused-ring (bicyclic) bond motifs is 8. The molecule has 0 saturated heterocycles. The molecule has 9 heterocycles. The topological polar surface area (TPSA) is 98.9 Å². The van der Waals surface area contributed by atoms with Gasteiger partial charge in [-0.2, -0.15) is 0 Å². The zero-order valence-electron chi connectivity index (χ0n) is 30.5. The fourth-order valence-corrected chi connectivity index (χ4v) is 7.35. The molecule has 2 aliphatic rings. The van der Waals surface area contributed by atoms with Crippen molar-refractivity contribution < 1.29 is 18.3 Å². The molecule has 0 spiro atoms. The first-order chi connectivity index (χ1) is 26.4. The molecule has 8 bridgehead atoms. The summed E-state index contributed by atoms with van der Waals surface area (Å²) >= 11 is 0. The Bertz CT molecular complexity index is 2630. The van der Waals surface area contributed by atoms with Gasteiger partial charge in [-0.3, -0.25) is 0 Å². The van der Waals surface area contributed by atoms with Crippen LogP contribution < -0.4 is 24.0 Å². The Labute approximate surface area is 313 Å². The third kappa shape index (κ3) is 6.10. The lowest BCUT2D eigenvalue weighted by Crippen LogP contribution is -2.36. The standard InChI is InChI=1S/C45H40N9/c1-51-21-12-30(13-22-51)42-34-4-6-36(47-34)43(31-14-23-52(2)24-15-31)38-8-10-40(49-38)45(33-18-27-54(28-19-33)29-20-46)41-11-9-39(50-41)44(37-7-5-35(42)48-37)32-16-25-53(3)26-17-32/h4-19,21-28H,20,29,46H2,1-3H3,(H,47,48,49,50)/q+3/p+1. The van der Waals surface area contributed by atoms with Gasteiger partial charge in [-0.1, -0.05) is 0 Å². The molecule has 0 amide bonds. The van der Waals surface area contributed by atoms with Crippen LogP contribution in [0.2, 0.25) is 0 Å². The normalized spacial score (nSPS) is 12.1. The first-order valence-corrected chi connectivity index (χ1v) is 18.1. The Morgan fingerprint density at radius 2 is 0.741 bits per heavy atom. The zero-order valence-corrected chi connectivity index (χ0v) is 30.5. The predicted octanol–water partition coefficient (Wildman–Crippen LogP) is 6.04. The number of aromatic nitrogens is 8. The number of rotatable bonds is 6. The monoisotopic (exact) mass is 707 g/mol. The van der Waals surface area contributed by atoms with Crippen LogP contribution >= 0.6 is 0 Å². The summed E-state index contributed by atoms with van der Waals surface area (Å²) < 4.78 is 8.25. The van der Waals surface area contributed by atoms with Crippen LogP contribution in [-0.2, 0) is 27.7 Å². The molecule has 9 heteroatoms. The molecule has 0 unspecified atom stereocenters. The molecule has 262 valence electrons. The van der Waals surface area contributed by atoms with Gasteiger partial charge < -0.3 is 15.7 Å². The van der Waals surface area contributed by atoms with Crippen molar-refractivity contribution in [2.45, 2.75) is 6.54 Å². The van der Waals surface area contributed by atoms with Crippen LogP contribution in [-0.4, -0.2) is 26.5 Å². The van der Waals surface area contributed by atoms with E-state index in [-0.39, 0.29) is 0 Å². The summed E-state index contributed by atoms with van der Waals surface area (Å²) in [6.07, 6.45) is 25.1. The van der Waals surface area contributed by atoms with Crippen LogP contribution in [0.5, 0.6) is 0 Å². The first-order valence-electron chi connectivity index (χ1n) is 18.1. The molecule has 0 fully saturated rings. The van der Waals surface area contributed by atoms with Gasteiger partial charge in [0.1, 0.15) is 21.1 Å². The van der Waals surface area contributed by atoms with E-state index in [2.05, 4.69) is 166 Å². The van der Waals surface area contributed by atoms with Crippen LogP contribution in [0, 0.1) is 0 Å². The molecule has 2 aliphatic heterocycles. The number of hydrogen-bond donors (Lipinski definition) is 3. The van der Waals surface area contributed by atoms with Gasteiger partial charge in [0.2, 0.25) is 0 Å². The van der Waals surface area contributed by atoms with Crippen molar-refractivity contribution in [2.24, 2.45) is 26.9 Å². The smallest absolute Gasteiger partial charge is 0.169 e. The van der Waals surface area contributed by atoms with E-state index < -0.39 is 0 Å². The van der Waals surface area contributed by atoms with E-state index in [9.17, 15) is 0 Å². The summed E-state index contributed by atoms with van der Waals surface area (Å²) in [4.78, 5) is 18.5. The van der Waals surface area contributed by atoms with Gasteiger partial charge in [-0.25, -0.2) is 28.2 Å². The quantitative estimate of drug-likeness (QED) is 0.184. The Balaban J connectivity index is 1.44. The molecule has 54 heavy (non-hydrogen) atoms. The molecule has 7 aromatic rings. The molecule has 0 radical (unpaired) electrons. The van der Waals surface area contributed by atoms with Crippen molar-refractivity contribution in [3.05, 3.63) is 145 Å². The van der Waals surface area contributed by atoms with Crippen LogP contribution in [0.4, 0.5) is 0 Å². The molecular weight excluding hydrogens is 667 g/mol. The average Bonchev–Trinajstić information content (AvgIpc) is 4.02. The Hall–Kier alpha value is -6.84. The van der Waals surface area contributed by atoms with Crippen LogP contribution in [0.15, 0.2) is 122 Å². The third-order valence-electron chi connectivity index (χ3n) is 10.1. The van der Waals surface area contributed by atoms with Gasteiger partial charge in [-0.05, 0) is 70.8 Å². The number of nitrogens with one attached hydrogen (secondary N) is 2. The minimum Gasteiger partial charge on any atom is -0.354 e. The number of aryl methyl sites for hydroxylation is 3. The van der Waals surface area contributed by atoms with E-state index in [1.54, 1.807) is 0 Å². The van der Waals surface area contributed by atoms with E-state index in [1.807, 2.05) is 30.3 Å². The maximum absolute atomic E-state index is 5.89. The number of nitrogens with two attached hydrogens (primary N) is 1. The largest absolute Gasteiger partial charge is 0.354 e. The second-order valence-electron chi connectivity index (χ2n) is 13.9. The Morgan fingerprint density at radius 3 is 1.13 bits per heavy atom. The number of H-pyrrole nitrogens is 2. The fraction of sp³-hybridized carbons (Fsp3) is 0.111. The second-order valence-corrected chi connectivity index (χ2v) is 13.9. The summed E-state index contributed by atoms with van der Waals surface area (Å²) in [5.74, 6) is 0. The minimum absolute atomic E-state index is 0.568. The maximum Gasteiger partial charge on any atom is 0.169 e. The van der Waals surface area contributed by atoms with Gasteiger partial charge in [0.25, 0.3) is 0 Å². The highest BCUT2D eigenvalue weighted by Crippen LogP contribution is 2.38. The number of hydrogen-bond acceptors (Lipinski definition) is 3. The molecule has 0 saturated carbocycles.